The maximum absolute atomic E-state index is 12.4. The topological polar surface area (TPSA) is 76.1 Å². The van der Waals surface area contributed by atoms with Crippen molar-refractivity contribution >= 4 is 54.0 Å². The van der Waals surface area contributed by atoms with E-state index in [1.807, 2.05) is 13.0 Å². The van der Waals surface area contributed by atoms with E-state index >= 15 is 0 Å². The zero-order valence-electron chi connectivity index (χ0n) is 13.5. The van der Waals surface area contributed by atoms with Crippen molar-refractivity contribution in [2.24, 2.45) is 0 Å². The predicted molar refractivity (Wildman–Crippen MR) is 101 cm³/mol. The van der Waals surface area contributed by atoms with E-state index in [4.69, 9.17) is 11.6 Å². The van der Waals surface area contributed by atoms with E-state index in [1.54, 1.807) is 25.1 Å². The minimum Gasteiger partial charge on any atom is -0.298 e. The summed E-state index contributed by atoms with van der Waals surface area (Å²) in [4.78, 5) is 17.0. The minimum atomic E-state index is -3.37. The molecule has 2 aromatic carbocycles. The van der Waals surface area contributed by atoms with Gasteiger partial charge in [-0.3, -0.25) is 10.1 Å². The van der Waals surface area contributed by atoms with Crippen LogP contribution in [0.3, 0.4) is 0 Å². The molecule has 0 bridgehead atoms. The lowest BCUT2D eigenvalue weighted by atomic mass is 10.2. The van der Waals surface area contributed by atoms with Crippen molar-refractivity contribution in [3.63, 3.8) is 0 Å². The average molecular weight is 395 g/mol. The fraction of sp³-hybridized carbons (Fsp3) is 0.176. The molecule has 130 valence electrons. The van der Waals surface area contributed by atoms with E-state index in [2.05, 4.69) is 10.3 Å². The van der Waals surface area contributed by atoms with Crippen LogP contribution in [0.4, 0.5) is 5.13 Å². The fourth-order valence-corrected chi connectivity index (χ4v) is 4.62. The van der Waals surface area contributed by atoms with Crippen LogP contribution in [0.2, 0.25) is 5.02 Å². The fourth-order valence-electron chi connectivity index (χ4n) is 2.37. The number of aryl methyl sites for hydroxylation is 1. The molecule has 0 radical (unpaired) electrons. The molecule has 0 unspecified atom stereocenters. The molecule has 1 N–H and O–H groups in total. The lowest BCUT2D eigenvalue weighted by Gasteiger charge is -2.05. The number of carbonyl (C=O) groups excluding carboxylic acids is 1. The van der Waals surface area contributed by atoms with Gasteiger partial charge in [-0.25, -0.2) is 13.4 Å². The van der Waals surface area contributed by atoms with Gasteiger partial charge < -0.3 is 0 Å². The summed E-state index contributed by atoms with van der Waals surface area (Å²) in [7, 11) is -3.37. The first kappa shape index (κ1) is 17.8. The molecule has 25 heavy (non-hydrogen) atoms. The maximum Gasteiger partial charge on any atom is 0.257 e. The summed E-state index contributed by atoms with van der Waals surface area (Å²) in [5.74, 6) is -0.424. The number of nitrogens with one attached hydrogen (secondary N) is 1. The highest BCUT2D eigenvalue weighted by molar-refractivity contribution is 7.91. The second kappa shape index (κ2) is 6.74. The van der Waals surface area contributed by atoms with Gasteiger partial charge in [0.15, 0.2) is 15.0 Å². The van der Waals surface area contributed by atoms with Crippen molar-refractivity contribution in [2.45, 2.75) is 18.7 Å². The van der Waals surface area contributed by atoms with Gasteiger partial charge in [-0.1, -0.05) is 35.9 Å². The molecular weight excluding hydrogens is 380 g/mol. The number of thiazole rings is 1. The number of halogens is 1. The van der Waals surface area contributed by atoms with Crippen molar-refractivity contribution in [1.82, 2.24) is 4.98 Å². The Hall–Kier alpha value is -1.96. The Labute approximate surface area is 154 Å². The molecule has 0 aliphatic carbocycles. The van der Waals surface area contributed by atoms with Gasteiger partial charge in [0.25, 0.3) is 5.91 Å². The first-order valence-corrected chi connectivity index (χ1v) is 10.4. The van der Waals surface area contributed by atoms with Crippen molar-refractivity contribution in [2.75, 3.05) is 11.1 Å². The number of hydrogen-bond donors (Lipinski definition) is 1. The van der Waals surface area contributed by atoms with Gasteiger partial charge in [0.2, 0.25) is 0 Å². The first-order chi connectivity index (χ1) is 11.8. The minimum absolute atomic E-state index is 0.0179. The van der Waals surface area contributed by atoms with E-state index in [9.17, 15) is 13.2 Å². The van der Waals surface area contributed by atoms with Gasteiger partial charge >= 0.3 is 0 Å². The Kier molecular flexibility index (Phi) is 4.81. The number of sulfone groups is 1. The second-order valence-corrected chi connectivity index (χ2v) is 9.22. The number of rotatable bonds is 4. The standard InChI is InChI=1S/C17H15ClN2O3S2/c1-3-25(22,23)13-6-4-5-11(8-13)16(21)20-17-19-15-10(2)7-12(18)9-14(15)24-17/h4-9H,3H2,1-2H3,(H,19,20,21). The largest absolute Gasteiger partial charge is 0.298 e. The molecule has 0 fully saturated rings. The number of aromatic nitrogens is 1. The third-order valence-corrected chi connectivity index (χ3v) is 6.57. The molecule has 0 aliphatic heterocycles. The van der Waals surface area contributed by atoms with Crippen molar-refractivity contribution in [1.29, 1.82) is 0 Å². The third kappa shape index (κ3) is 3.68. The lowest BCUT2D eigenvalue weighted by molar-refractivity contribution is 0.102. The Morgan fingerprint density at radius 3 is 2.76 bits per heavy atom. The van der Waals surface area contributed by atoms with Gasteiger partial charge in [0.1, 0.15) is 0 Å². The maximum atomic E-state index is 12.4. The molecule has 1 amide bonds. The number of amides is 1. The number of fused-ring (bicyclic) bond motifs is 1. The van der Waals surface area contributed by atoms with E-state index < -0.39 is 15.7 Å². The molecule has 1 heterocycles. The van der Waals surface area contributed by atoms with Crippen LogP contribution in [0, 0.1) is 6.92 Å². The molecule has 0 aliphatic rings. The summed E-state index contributed by atoms with van der Waals surface area (Å²) in [6.07, 6.45) is 0. The van der Waals surface area contributed by atoms with E-state index in [0.717, 1.165) is 15.8 Å². The molecule has 0 saturated heterocycles. The normalized spacial score (nSPS) is 11.6. The highest BCUT2D eigenvalue weighted by Crippen LogP contribution is 2.31. The Balaban J connectivity index is 1.90. The van der Waals surface area contributed by atoms with Crippen molar-refractivity contribution in [3.05, 3.63) is 52.5 Å². The molecule has 5 nitrogen and oxygen atoms in total. The predicted octanol–water partition coefficient (Wildman–Crippen LogP) is 4.30. The molecule has 8 heteroatoms. The summed E-state index contributed by atoms with van der Waals surface area (Å²) in [5.41, 5.74) is 1.98. The van der Waals surface area contributed by atoms with Crippen LogP contribution in [0.25, 0.3) is 10.2 Å². The van der Waals surface area contributed by atoms with Crippen LogP contribution in [0.5, 0.6) is 0 Å². The number of carbonyl (C=O) groups is 1. The van der Waals surface area contributed by atoms with Gasteiger partial charge in [-0.05, 0) is 42.8 Å². The van der Waals surface area contributed by atoms with E-state index in [1.165, 1.54) is 23.5 Å². The summed E-state index contributed by atoms with van der Waals surface area (Å²) in [5, 5.41) is 3.78. The Bertz CT molecular complexity index is 1070. The van der Waals surface area contributed by atoms with Gasteiger partial charge in [-0.2, -0.15) is 0 Å². The Morgan fingerprint density at radius 1 is 1.28 bits per heavy atom. The summed E-state index contributed by atoms with van der Waals surface area (Å²) in [6, 6.07) is 9.60. The molecule has 0 saturated carbocycles. The lowest BCUT2D eigenvalue weighted by Crippen LogP contribution is -2.13. The molecular formula is C17H15ClN2O3S2. The first-order valence-electron chi connectivity index (χ1n) is 7.51. The monoisotopic (exact) mass is 394 g/mol. The summed E-state index contributed by atoms with van der Waals surface area (Å²) >= 11 is 7.36. The smallest absolute Gasteiger partial charge is 0.257 e. The van der Waals surface area contributed by atoms with Crippen LogP contribution in [0.1, 0.15) is 22.8 Å². The molecule has 3 aromatic rings. The molecule has 0 spiro atoms. The highest BCUT2D eigenvalue weighted by atomic mass is 35.5. The number of benzene rings is 2. The van der Waals surface area contributed by atoms with Crippen LogP contribution < -0.4 is 5.32 Å². The second-order valence-electron chi connectivity index (χ2n) is 5.47. The van der Waals surface area contributed by atoms with Crippen LogP contribution >= 0.6 is 22.9 Å². The highest BCUT2D eigenvalue weighted by Gasteiger charge is 2.16. The molecule has 1 aromatic heterocycles. The van der Waals surface area contributed by atoms with Crippen LogP contribution in [-0.2, 0) is 9.84 Å². The number of hydrogen-bond acceptors (Lipinski definition) is 5. The van der Waals surface area contributed by atoms with Crippen LogP contribution in [0.15, 0.2) is 41.3 Å². The Morgan fingerprint density at radius 2 is 2.04 bits per heavy atom. The van der Waals surface area contributed by atoms with Crippen LogP contribution in [-0.4, -0.2) is 25.1 Å². The SMILES string of the molecule is CCS(=O)(=O)c1cccc(C(=O)Nc2nc3c(C)cc(Cl)cc3s2)c1. The van der Waals surface area contributed by atoms with Crippen molar-refractivity contribution < 1.29 is 13.2 Å². The number of nitrogens with zero attached hydrogens (tertiary/aromatic N) is 1. The summed E-state index contributed by atoms with van der Waals surface area (Å²) < 4.78 is 24.8. The zero-order valence-corrected chi connectivity index (χ0v) is 15.9. The van der Waals surface area contributed by atoms with E-state index in [0.29, 0.717) is 10.2 Å². The summed E-state index contributed by atoms with van der Waals surface area (Å²) in [6.45, 7) is 3.47. The number of anilines is 1. The van der Waals surface area contributed by atoms with Gasteiger partial charge in [0, 0.05) is 10.6 Å². The molecule has 0 atom stereocenters. The van der Waals surface area contributed by atoms with E-state index in [-0.39, 0.29) is 16.2 Å². The van der Waals surface area contributed by atoms with Gasteiger partial charge in [-0.15, -0.1) is 0 Å². The quantitative estimate of drug-likeness (QED) is 0.715. The third-order valence-electron chi connectivity index (χ3n) is 3.71. The molecule has 3 rings (SSSR count). The average Bonchev–Trinajstić information content (AvgIpc) is 2.97. The van der Waals surface area contributed by atoms with Gasteiger partial charge in [0.05, 0.1) is 20.9 Å². The zero-order chi connectivity index (χ0) is 18.2. The van der Waals surface area contributed by atoms with Crippen molar-refractivity contribution in [3.8, 4) is 0 Å².